The minimum Gasteiger partial charge on any atom is -0.380 e. The summed E-state index contributed by atoms with van der Waals surface area (Å²) in [5.41, 5.74) is 7.13. The number of halogens is 1. The summed E-state index contributed by atoms with van der Waals surface area (Å²) in [6, 6.07) is 0. The zero-order chi connectivity index (χ0) is 12.6. The number of imidazole rings is 1. The van der Waals surface area contributed by atoms with Gasteiger partial charge >= 0.3 is 0 Å². The van der Waals surface area contributed by atoms with Gasteiger partial charge in [0.2, 0.25) is 5.95 Å². The Bertz CT molecular complexity index is 565. The topological polar surface area (TPSA) is 89.7 Å². The molecule has 0 unspecified atom stereocenters. The summed E-state index contributed by atoms with van der Waals surface area (Å²) in [4.78, 5) is 15.4. The van der Waals surface area contributed by atoms with Crippen LogP contribution >= 0.6 is 23.4 Å². The van der Waals surface area contributed by atoms with Gasteiger partial charge in [-0.3, -0.25) is 0 Å². The third-order valence-corrected chi connectivity index (χ3v) is 4.78. The van der Waals surface area contributed by atoms with Crippen LogP contribution in [0, 0.1) is 5.41 Å². The summed E-state index contributed by atoms with van der Waals surface area (Å²) in [6.07, 6.45) is 1.59. The Hall–Kier alpha value is -1.05. The Labute approximate surface area is 113 Å². The molecular formula is C10H12ClN5OS. The minimum atomic E-state index is 0.0538. The van der Waals surface area contributed by atoms with Crippen LogP contribution in [-0.4, -0.2) is 44.8 Å². The molecule has 0 amide bonds. The van der Waals surface area contributed by atoms with Crippen LogP contribution in [0.5, 0.6) is 0 Å². The number of hydrogen-bond acceptors (Lipinski definition) is 6. The Morgan fingerprint density at radius 3 is 3.00 bits per heavy atom. The first-order chi connectivity index (χ1) is 8.72. The van der Waals surface area contributed by atoms with Crippen molar-refractivity contribution >= 4 is 40.5 Å². The number of alkyl halides is 1. The molecule has 1 aliphatic rings. The number of anilines is 1. The number of ether oxygens (including phenoxy) is 1. The zero-order valence-corrected chi connectivity index (χ0v) is 11.1. The van der Waals surface area contributed by atoms with E-state index < -0.39 is 0 Å². The van der Waals surface area contributed by atoms with Crippen LogP contribution in [0.15, 0.2) is 11.4 Å². The molecule has 0 radical (unpaired) electrons. The van der Waals surface area contributed by atoms with Gasteiger partial charge in [-0.1, -0.05) is 0 Å². The molecular weight excluding hydrogens is 274 g/mol. The van der Waals surface area contributed by atoms with Crippen molar-refractivity contribution in [3.8, 4) is 0 Å². The van der Waals surface area contributed by atoms with E-state index in [-0.39, 0.29) is 11.4 Å². The van der Waals surface area contributed by atoms with Crippen LogP contribution in [0.4, 0.5) is 5.95 Å². The van der Waals surface area contributed by atoms with E-state index in [0.717, 1.165) is 16.3 Å². The van der Waals surface area contributed by atoms with Crippen molar-refractivity contribution < 1.29 is 4.74 Å². The lowest BCUT2D eigenvalue weighted by molar-refractivity contribution is -0.0838. The van der Waals surface area contributed by atoms with Gasteiger partial charge in [-0.15, -0.1) is 23.4 Å². The van der Waals surface area contributed by atoms with Gasteiger partial charge in [0, 0.05) is 17.0 Å². The van der Waals surface area contributed by atoms with Crippen molar-refractivity contribution in [1.82, 2.24) is 19.9 Å². The highest BCUT2D eigenvalue weighted by Gasteiger charge is 2.38. The van der Waals surface area contributed by atoms with Crippen LogP contribution < -0.4 is 5.73 Å². The lowest BCUT2D eigenvalue weighted by atomic mass is 9.91. The predicted molar refractivity (Wildman–Crippen MR) is 70.8 cm³/mol. The quantitative estimate of drug-likeness (QED) is 0.500. The molecule has 0 aliphatic carbocycles. The monoisotopic (exact) mass is 285 g/mol. The van der Waals surface area contributed by atoms with Crippen molar-refractivity contribution in [3.63, 3.8) is 0 Å². The highest BCUT2D eigenvalue weighted by Crippen LogP contribution is 2.36. The Kier molecular flexibility index (Phi) is 3.04. The third kappa shape index (κ3) is 2.02. The molecule has 1 aliphatic heterocycles. The van der Waals surface area contributed by atoms with Crippen LogP contribution in [0.2, 0.25) is 0 Å². The Morgan fingerprint density at radius 2 is 2.33 bits per heavy atom. The molecule has 18 heavy (non-hydrogen) atoms. The Morgan fingerprint density at radius 1 is 1.50 bits per heavy atom. The fraction of sp³-hybridized carbons (Fsp3) is 0.500. The Balaban J connectivity index is 1.83. The predicted octanol–water partition coefficient (Wildman–Crippen LogP) is 1.28. The number of aromatic nitrogens is 4. The van der Waals surface area contributed by atoms with E-state index in [4.69, 9.17) is 22.1 Å². The first kappa shape index (κ1) is 12.0. The number of H-pyrrole nitrogens is 1. The van der Waals surface area contributed by atoms with Gasteiger partial charge in [-0.25, -0.2) is 9.97 Å². The van der Waals surface area contributed by atoms with E-state index in [1.165, 1.54) is 0 Å². The summed E-state index contributed by atoms with van der Waals surface area (Å²) in [5.74, 6) is 1.68. The van der Waals surface area contributed by atoms with Gasteiger partial charge in [0.15, 0.2) is 5.65 Å². The molecule has 3 N–H and O–H groups in total. The lowest BCUT2D eigenvalue weighted by Crippen LogP contribution is -2.46. The van der Waals surface area contributed by atoms with Crippen molar-refractivity contribution in [2.45, 2.75) is 5.03 Å². The molecule has 3 heterocycles. The average molecular weight is 286 g/mol. The van der Waals surface area contributed by atoms with Crippen molar-refractivity contribution in [2.24, 2.45) is 5.41 Å². The summed E-state index contributed by atoms with van der Waals surface area (Å²) >= 11 is 7.59. The van der Waals surface area contributed by atoms with E-state index in [2.05, 4.69) is 19.9 Å². The fourth-order valence-corrected chi connectivity index (χ4v) is 3.26. The number of fused-ring (bicyclic) bond motifs is 1. The molecule has 0 bridgehead atoms. The second-order valence-corrected chi connectivity index (χ2v) is 5.63. The van der Waals surface area contributed by atoms with Gasteiger partial charge < -0.3 is 15.5 Å². The van der Waals surface area contributed by atoms with Gasteiger partial charge in [0.05, 0.1) is 19.5 Å². The van der Waals surface area contributed by atoms with Crippen molar-refractivity contribution in [2.75, 3.05) is 30.6 Å². The van der Waals surface area contributed by atoms with E-state index in [0.29, 0.717) is 24.7 Å². The van der Waals surface area contributed by atoms with E-state index in [9.17, 15) is 0 Å². The van der Waals surface area contributed by atoms with Crippen LogP contribution in [0.1, 0.15) is 0 Å². The van der Waals surface area contributed by atoms with Crippen molar-refractivity contribution in [3.05, 3.63) is 6.33 Å². The molecule has 1 saturated heterocycles. The molecule has 6 nitrogen and oxygen atoms in total. The maximum atomic E-state index is 5.98. The SMILES string of the molecule is Nc1nc(SCC2(CCl)COC2)c2[nH]cnc2n1. The number of nitrogens with zero attached hydrogens (tertiary/aromatic N) is 3. The van der Waals surface area contributed by atoms with E-state index >= 15 is 0 Å². The normalized spacial score (nSPS) is 17.8. The molecule has 0 atom stereocenters. The minimum absolute atomic E-state index is 0.0538. The van der Waals surface area contributed by atoms with Gasteiger partial charge in [-0.05, 0) is 0 Å². The third-order valence-electron chi connectivity index (χ3n) is 2.88. The molecule has 2 aromatic rings. The molecule has 0 aromatic carbocycles. The second-order valence-electron chi connectivity index (χ2n) is 4.40. The first-order valence-electron chi connectivity index (χ1n) is 5.46. The summed E-state index contributed by atoms with van der Waals surface area (Å²) in [6.45, 7) is 1.41. The standard InChI is InChI=1S/C10H12ClN5OS/c11-1-10(2-17-3-10)4-18-8-6-7(14-5-13-6)15-9(12)16-8/h5H,1-4H2,(H3,12,13,14,15,16). The molecule has 0 saturated carbocycles. The van der Waals surface area contributed by atoms with E-state index in [1.54, 1.807) is 18.1 Å². The zero-order valence-electron chi connectivity index (χ0n) is 9.52. The lowest BCUT2D eigenvalue weighted by Gasteiger charge is -2.39. The molecule has 1 fully saturated rings. The van der Waals surface area contributed by atoms with Crippen LogP contribution in [0.25, 0.3) is 11.2 Å². The number of nitrogen functional groups attached to an aromatic ring is 1. The second kappa shape index (κ2) is 4.56. The first-order valence-corrected chi connectivity index (χ1v) is 6.98. The number of aromatic amines is 1. The fourth-order valence-electron chi connectivity index (χ4n) is 1.74. The highest BCUT2D eigenvalue weighted by molar-refractivity contribution is 7.99. The summed E-state index contributed by atoms with van der Waals surface area (Å²) < 4.78 is 5.24. The van der Waals surface area contributed by atoms with E-state index in [1.807, 2.05) is 0 Å². The number of thioether (sulfide) groups is 1. The summed E-state index contributed by atoms with van der Waals surface area (Å²) in [5, 5.41) is 0.811. The number of hydrogen-bond donors (Lipinski definition) is 2. The maximum Gasteiger partial charge on any atom is 0.223 e. The molecule has 2 aromatic heterocycles. The molecule has 0 spiro atoms. The molecule has 8 heteroatoms. The number of rotatable bonds is 4. The smallest absolute Gasteiger partial charge is 0.223 e. The maximum absolute atomic E-state index is 5.98. The number of nitrogens with two attached hydrogens (primary N) is 1. The van der Waals surface area contributed by atoms with Gasteiger partial charge in [0.25, 0.3) is 0 Å². The van der Waals surface area contributed by atoms with Gasteiger partial charge in [-0.2, -0.15) is 4.98 Å². The van der Waals surface area contributed by atoms with Crippen molar-refractivity contribution in [1.29, 1.82) is 0 Å². The van der Waals surface area contributed by atoms with Crippen LogP contribution in [0.3, 0.4) is 0 Å². The largest absolute Gasteiger partial charge is 0.380 e. The molecule has 3 rings (SSSR count). The highest BCUT2D eigenvalue weighted by atomic mass is 35.5. The number of nitrogens with one attached hydrogen (secondary N) is 1. The van der Waals surface area contributed by atoms with Gasteiger partial charge in [0.1, 0.15) is 10.5 Å². The summed E-state index contributed by atoms with van der Waals surface area (Å²) in [7, 11) is 0. The average Bonchev–Trinajstić information content (AvgIpc) is 2.75. The van der Waals surface area contributed by atoms with Crippen LogP contribution in [-0.2, 0) is 4.74 Å². The molecule has 96 valence electrons.